The molecule has 9 nitrogen and oxygen atoms in total. The first-order chi connectivity index (χ1) is 20.7. The number of rotatable bonds is 12. The number of aromatic nitrogens is 2. The number of halogens is 1. The number of carbonyl (C=O) groups excluding carboxylic acids is 2. The van der Waals surface area contributed by atoms with Crippen molar-refractivity contribution in [3.63, 3.8) is 0 Å². The van der Waals surface area contributed by atoms with Crippen LogP contribution in [0.5, 0.6) is 17.2 Å². The van der Waals surface area contributed by atoms with E-state index in [0.29, 0.717) is 33.7 Å². The van der Waals surface area contributed by atoms with Crippen molar-refractivity contribution in [2.75, 3.05) is 32.4 Å². The number of anilines is 1. The Kier molecular flexibility index (Phi) is 10.6. The van der Waals surface area contributed by atoms with Gasteiger partial charge in [0.25, 0.3) is 5.91 Å². The van der Waals surface area contributed by atoms with E-state index in [9.17, 15) is 14.0 Å². The number of methoxy groups -OCH3 is 3. The lowest BCUT2D eigenvalue weighted by atomic mass is 10.0. The lowest BCUT2D eigenvalue weighted by Gasteiger charge is -2.32. The molecule has 0 unspecified atom stereocenters. The van der Waals surface area contributed by atoms with Crippen LogP contribution in [0, 0.1) is 19.7 Å². The molecule has 1 atom stereocenters. The molecule has 0 aliphatic carbocycles. The Hall–Kier alpha value is -4.64. The summed E-state index contributed by atoms with van der Waals surface area (Å²) in [6.07, 6.45) is 0. The number of ether oxygens (including phenoxy) is 3. The topological polar surface area (TPSA) is 103 Å². The number of hydrogen-bond acceptors (Lipinski definition) is 8. The minimum atomic E-state index is -1.17. The van der Waals surface area contributed by atoms with Crippen LogP contribution in [0.3, 0.4) is 0 Å². The van der Waals surface area contributed by atoms with Crippen molar-refractivity contribution < 1.29 is 28.2 Å². The monoisotopic (exact) mass is 604 g/mol. The Bertz CT molecular complexity index is 1560. The van der Waals surface area contributed by atoms with Gasteiger partial charge in [-0.1, -0.05) is 36.0 Å². The zero-order chi connectivity index (χ0) is 30.9. The normalized spacial score (nSPS) is 11.4. The molecule has 43 heavy (non-hydrogen) atoms. The molecule has 224 valence electrons. The quantitative estimate of drug-likeness (QED) is 0.161. The molecule has 0 bridgehead atoms. The van der Waals surface area contributed by atoms with Crippen LogP contribution in [0.25, 0.3) is 0 Å². The highest BCUT2D eigenvalue weighted by Gasteiger charge is 2.33. The molecular formula is C32H33FN4O5S. The summed E-state index contributed by atoms with van der Waals surface area (Å²) in [4.78, 5) is 38.3. The molecule has 3 aromatic carbocycles. The third-order valence-electron chi connectivity index (χ3n) is 6.55. The van der Waals surface area contributed by atoms with E-state index in [1.54, 1.807) is 67.8 Å². The first-order valence-electron chi connectivity index (χ1n) is 13.4. The minimum absolute atomic E-state index is 0.0864. The molecule has 11 heteroatoms. The number of thioether (sulfide) groups is 1. The second kappa shape index (κ2) is 14.5. The third-order valence-corrected chi connectivity index (χ3v) is 7.38. The Morgan fingerprint density at radius 2 is 1.56 bits per heavy atom. The highest BCUT2D eigenvalue weighted by Crippen LogP contribution is 2.34. The predicted molar refractivity (Wildman–Crippen MR) is 163 cm³/mol. The fraction of sp³-hybridized carbons (Fsp3) is 0.250. The van der Waals surface area contributed by atoms with Gasteiger partial charge < -0.3 is 24.4 Å². The summed E-state index contributed by atoms with van der Waals surface area (Å²) in [6.45, 7) is 3.53. The van der Waals surface area contributed by atoms with Gasteiger partial charge in [-0.2, -0.15) is 0 Å². The zero-order valence-corrected chi connectivity index (χ0v) is 25.4. The van der Waals surface area contributed by atoms with Gasteiger partial charge in [-0.3, -0.25) is 9.59 Å². The van der Waals surface area contributed by atoms with Crippen molar-refractivity contribution >= 4 is 29.3 Å². The van der Waals surface area contributed by atoms with Gasteiger partial charge in [0.15, 0.2) is 16.7 Å². The fourth-order valence-corrected chi connectivity index (χ4v) is 5.32. The molecule has 0 aliphatic heterocycles. The van der Waals surface area contributed by atoms with Crippen LogP contribution < -0.4 is 19.5 Å². The van der Waals surface area contributed by atoms with E-state index in [1.165, 1.54) is 25.2 Å². The van der Waals surface area contributed by atoms with E-state index in [-0.39, 0.29) is 17.9 Å². The summed E-state index contributed by atoms with van der Waals surface area (Å²) in [7, 11) is 4.54. The third kappa shape index (κ3) is 8.01. The van der Waals surface area contributed by atoms with Crippen molar-refractivity contribution in [2.24, 2.45) is 0 Å². The van der Waals surface area contributed by atoms with E-state index >= 15 is 0 Å². The van der Waals surface area contributed by atoms with Gasteiger partial charge in [0.2, 0.25) is 5.91 Å². The van der Waals surface area contributed by atoms with E-state index < -0.39 is 23.7 Å². The summed E-state index contributed by atoms with van der Waals surface area (Å²) < 4.78 is 31.1. The summed E-state index contributed by atoms with van der Waals surface area (Å²) in [5.74, 6) is -0.0515. The molecular weight excluding hydrogens is 571 g/mol. The van der Waals surface area contributed by atoms with Crippen molar-refractivity contribution in [3.8, 4) is 17.2 Å². The second-order valence-electron chi connectivity index (χ2n) is 9.57. The Balaban J connectivity index is 1.77. The SMILES string of the molecule is COc1ccc(NC(=O)[C@H](c2ccc(OC)c(OC)c2)N(Cc2ccccc2F)C(=O)CSc2nc(C)cc(C)n2)cc1. The lowest BCUT2D eigenvalue weighted by Crippen LogP contribution is -2.42. The number of nitrogens with zero attached hydrogens (tertiary/aromatic N) is 3. The van der Waals surface area contributed by atoms with Crippen LogP contribution >= 0.6 is 11.8 Å². The van der Waals surface area contributed by atoms with Crippen molar-refractivity contribution in [2.45, 2.75) is 31.6 Å². The van der Waals surface area contributed by atoms with E-state index in [2.05, 4.69) is 15.3 Å². The summed E-state index contributed by atoms with van der Waals surface area (Å²) >= 11 is 1.15. The molecule has 4 aromatic rings. The molecule has 1 aromatic heterocycles. The van der Waals surface area contributed by atoms with Crippen LogP contribution in [0.4, 0.5) is 10.1 Å². The highest BCUT2D eigenvalue weighted by atomic mass is 32.2. The number of carbonyl (C=O) groups is 2. The smallest absolute Gasteiger partial charge is 0.251 e. The van der Waals surface area contributed by atoms with Crippen LogP contribution in [-0.2, 0) is 16.1 Å². The standard InChI is InChI=1S/C32H33FN4O5S/c1-20-16-21(2)35-32(34-20)43-19-29(38)37(18-23-8-6-7-9-26(23)33)30(22-10-15-27(41-4)28(17-22)42-5)31(39)36-24-11-13-25(40-3)14-12-24/h6-17,30H,18-19H2,1-5H3,(H,36,39)/t30-/m0/s1. The largest absolute Gasteiger partial charge is 0.497 e. The Morgan fingerprint density at radius 1 is 0.884 bits per heavy atom. The van der Waals surface area contributed by atoms with Crippen LogP contribution in [-0.4, -0.2) is 53.8 Å². The summed E-state index contributed by atoms with van der Waals surface area (Å²) in [6, 6.07) is 18.6. The van der Waals surface area contributed by atoms with Gasteiger partial charge in [-0.05, 0) is 67.9 Å². The van der Waals surface area contributed by atoms with E-state index in [4.69, 9.17) is 14.2 Å². The molecule has 4 rings (SSSR count). The highest BCUT2D eigenvalue weighted by molar-refractivity contribution is 7.99. The van der Waals surface area contributed by atoms with E-state index in [1.807, 2.05) is 19.9 Å². The molecule has 2 amide bonds. The van der Waals surface area contributed by atoms with Crippen LogP contribution in [0.1, 0.15) is 28.6 Å². The molecule has 0 saturated carbocycles. The van der Waals surface area contributed by atoms with Gasteiger partial charge in [-0.15, -0.1) is 0 Å². The van der Waals surface area contributed by atoms with Crippen molar-refractivity contribution in [1.29, 1.82) is 0 Å². The Morgan fingerprint density at radius 3 is 2.19 bits per heavy atom. The number of amides is 2. The van der Waals surface area contributed by atoms with Gasteiger partial charge in [0.05, 0.1) is 27.1 Å². The first-order valence-corrected chi connectivity index (χ1v) is 14.4. The molecule has 0 spiro atoms. The molecule has 0 saturated heterocycles. The average molecular weight is 605 g/mol. The summed E-state index contributed by atoms with van der Waals surface area (Å²) in [5.41, 5.74) is 2.74. The maximum absolute atomic E-state index is 14.9. The number of benzene rings is 3. The van der Waals surface area contributed by atoms with Gasteiger partial charge >= 0.3 is 0 Å². The number of nitrogens with one attached hydrogen (secondary N) is 1. The maximum Gasteiger partial charge on any atom is 0.251 e. The van der Waals surface area contributed by atoms with Gasteiger partial charge in [0.1, 0.15) is 17.6 Å². The van der Waals surface area contributed by atoms with Crippen LogP contribution in [0.15, 0.2) is 78.0 Å². The number of hydrogen-bond donors (Lipinski definition) is 1. The van der Waals surface area contributed by atoms with Crippen molar-refractivity contribution in [1.82, 2.24) is 14.9 Å². The maximum atomic E-state index is 14.9. The molecule has 1 heterocycles. The van der Waals surface area contributed by atoms with Gasteiger partial charge in [-0.25, -0.2) is 14.4 Å². The molecule has 0 aliphatic rings. The fourth-order valence-electron chi connectivity index (χ4n) is 4.48. The molecule has 0 fully saturated rings. The Labute approximate surface area is 254 Å². The van der Waals surface area contributed by atoms with E-state index in [0.717, 1.165) is 23.1 Å². The van der Waals surface area contributed by atoms with Crippen LogP contribution in [0.2, 0.25) is 0 Å². The second-order valence-corrected chi connectivity index (χ2v) is 10.5. The molecule has 1 N–H and O–H groups in total. The lowest BCUT2D eigenvalue weighted by molar-refractivity contribution is -0.137. The molecule has 0 radical (unpaired) electrons. The average Bonchev–Trinajstić information content (AvgIpc) is 3.00. The van der Waals surface area contributed by atoms with Gasteiger partial charge in [0, 0.05) is 29.2 Å². The minimum Gasteiger partial charge on any atom is -0.497 e. The predicted octanol–water partition coefficient (Wildman–Crippen LogP) is 5.76. The summed E-state index contributed by atoms with van der Waals surface area (Å²) in [5, 5.41) is 3.33. The van der Waals surface area contributed by atoms with Crippen molar-refractivity contribution in [3.05, 3.63) is 101 Å². The first kappa shape index (κ1) is 31.3. The number of aryl methyl sites for hydroxylation is 2. The zero-order valence-electron chi connectivity index (χ0n) is 24.6.